The molecule has 41 heavy (non-hydrogen) atoms. The third kappa shape index (κ3) is 9.71. The molecule has 2 aliphatic rings. The number of carbonyl (C=O) groups excluding carboxylic acids is 2. The number of carbonyl (C=O) groups is 2. The molecule has 1 amide bonds. The second kappa shape index (κ2) is 18.0. The number of allylic oxidation sites excluding steroid dienone is 3. The zero-order valence-corrected chi connectivity index (χ0v) is 25.6. The van der Waals surface area contributed by atoms with Crippen LogP contribution in [0.4, 0.5) is 0 Å². The monoisotopic (exact) mass is 601 g/mol. The van der Waals surface area contributed by atoms with Crippen LogP contribution in [0.1, 0.15) is 75.3 Å². The van der Waals surface area contributed by atoms with Gasteiger partial charge >= 0.3 is 5.97 Å². The van der Waals surface area contributed by atoms with Crippen molar-refractivity contribution in [2.45, 2.75) is 70.6 Å². The van der Waals surface area contributed by atoms with Crippen LogP contribution in [0.3, 0.4) is 0 Å². The van der Waals surface area contributed by atoms with E-state index in [0.717, 1.165) is 50.4 Å². The molecule has 0 bridgehead atoms. The lowest BCUT2D eigenvalue weighted by Crippen LogP contribution is -2.33. The van der Waals surface area contributed by atoms with Crippen molar-refractivity contribution in [3.05, 3.63) is 63.7 Å². The van der Waals surface area contributed by atoms with E-state index < -0.39 is 0 Å². The molecular formula is C33H45Cl2N3O3. The summed E-state index contributed by atoms with van der Waals surface area (Å²) < 4.78 is 5.66. The van der Waals surface area contributed by atoms with Crippen molar-refractivity contribution in [3.8, 4) is 0 Å². The van der Waals surface area contributed by atoms with Crippen molar-refractivity contribution in [1.29, 1.82) is 0 Å². The molecule has 8 heteroatoms. The number of nitrogens with zero attached hydrogens (tertiary/aromatic N) is 1. The summed E-state index contributed by atoms with van der Waals surface area (Å²) >= 11 is 0. The number of esters is 1. The number of nitrogens with two attached hydrogens (primary N) is 2. The first-order valence-corrected chi connectivity index (χ1v) is 14.6. The Bertz CT molecular complexity index is 1350. The molecular weight excluding hydrogens is 557 g/mol. The van der Waals surface area contributed by atoms with Crippen molar-refractivity contribution in [1.82, 2.24) is 4.90 Å². The molecule has 2 aromatic rings. The number of rotatable bonds is 16. The second-order valence-electron chi connectivity index (χ2n) is 10.5. The van der Waals surface area contributed by atoms with Crippen LogP contribution >= 0.6 is 24.8 Å². The highest BCUT2D eigenvalue weighted by Gasteiger charge is 2.16. The summed E-state index contributed by atoms with van der Waals surface area (Å²) in [6, 6.07) is 8.62. The molecule has 0 atom stereocenters. The fraction of sp³-hybridized carbons (Fsp3) is 0.455. The number of amides is 1. The van der Waals surface area contributed by atoms with Gasteiger partial charge in [0, 0.05) is 25.9 Å². The molecule has 0 aromatic heterocycles. The highest BCUT2D eigenvalue weighted by Crippen LogP contribution is 2.23. The van der Waals surface area contributed by atoms with Gasteiger partial charge in [-0.05, 0) is 89.7 Å². The van der Waals surface area contributed by atoms with E-state index in [9.17, 15) is 9.59 Å². The largest absolute Gasteiger partial charge is 0.427 e. The Kier molecular flexibility index (Phi) is 15.2. The fourth-order valence-electron chi connectivity index (χ4n) is 5.48. The third-order valence-electron chi connectivity index (χ3n) is 7.64. The van der Waals surface area contributed by atoms with Gasteiger partial charge in [0.05, 0.1) is 0 Å². The summed E-state index contributed by atoms with van der Waals surface area (Å²) in [7, 11) is 0. The Labute approximate surface area is 256 Å². The van der Waals surface area contributed by atoms with Crippen molar-refractivity contribution >= 4 is 65.7 Å². The first kappa shape index (κ1) is 34.6. The van der Waals surface area contributed by atoms with Gasteiger partial charge < -0.3 is 21.1 Å². The van der Waals surface area contributed by atoms with Crippen LogP contribution in [-0.2, 0) is 20.7 Å². The lowest BCUT2D eigenvalue weighted by atomic mass is 9.94. The molecule has 0 unspecified atom stereocenters. The minimum absolute atomic E-state index is 0. The minimum Gasteiger partial charge on any atom is -0.427 e. The predicted octanol–water partition coefficient (Wildman–Crippen LogP) is 4.90. The van der Waals surface area contributed by atoms with E-state index in [4.69, 9.17) is 16.2 Å². The summed E-state index contributed by atoms with van der Waals surface area (Å²) in [6.45, 7) is 2.76. The average molecular weight is 603 g/mol. The standard InChI is InChI=1S/C33H43N3O3.2ClH/c34-20-5-3-1-2-4-6-22-36(23-9-21-35)32(37)12-8-13-33(38)39-27-16-19-29-26(24-27)15-18-30-28-11-7-10-25(28)14-17-31(29)30;;/h7,10-11,14-18,24H,1-6,8-9,12-13,19-23,34-35H2;2*1H. The van der Waals surface area contributed by atoms with Gasteiger partial charge in [0.1, 0.15) is 5.76 Å². The van der Waals surface area contributed by atoms with Crippen LogP contribution in [0, 0.1) is 0 Å². The number of halogens is 2. The van der Waals surface area contributed by atoms with Crippen molar-refractivity contribution in [3.63, 3.8) is 0 Å². The van der Waals surface area contributed by atoms with Gasteiger partial charge in [-0.3, -0.25) is 9.59 Å². The lowest BCUT2D eigenvalue weighted by molar-refractivity contribution is -0.139. The van der Waals surface area contributed by atoms with Crippen LogP contribution in [0.15, 0.2) is 42.2 Å². The maximum atomic E-state index is 12.8. The van der Waals surface area contributed by atoms with Gasteiger partial charge in [0.2, 0.25) is 5.91 Å². The molecule has 0 fully saturated rings. The van der Waals surface area contributed by atoms with E-state index in [1.54, 1.807) is 0 Å². The second-order valence-corrected chi connectivity index (χ2v) is 10.5. The SMILES string of the molecule is Cl.Cl.NCCCCCCCCN(CCCN)C(=O)CCCC(=O)OC1=CCc2c(ccc3c4c(ccc23)=CC=C4)=C1. The predicted molar refractivity (Wildman–Crippen MR) is 174 cm³/mol. The molecule has 224 valence electrons. The van der Waals surface area contributed by atoms with Gasteiger partial charge in [0.25, 0.3) is 0 Å². The highest BCUT2D eigenvalue weighted by molar-refractivity contribution is 5.96. The Morgan fingerprint density at radius 3 is 2.24 bits per heavy atom. The maximum Gasteiger partial charge on any atom is 0.311 e. The van der Waals surface area contributed by atoms with E-state index >= 15 is 0 Å². The van der Waals surface area contributed by atoms with Gasteiger partial charge in [-0.25, -0.2) is 0 Å². The number of hydrogen-bond acceptors (Lipinski definition) is 5. The first-order chi connectivity index (χ1) is 19.1. The number of unbranched alkanes of at least 4 members (excludes halogenated alkanes) is 5. The van der Waals surface area contributed by atoms with E-state index in [2.05, 4.69) is 42.5 Å². The molecule has 0 aliphatic heterocycles. The van der Waals surface area contributed by atoms with E-state index in [1.165, 1.54) is 46.4 Å². The van der Waals surface area contributed by atoms with Gasteiger partial charge in [-0.2, -0.15) is 0 Å². The molecule has 0 spiro atoms. The topological polar surface area (TPSA) is 98.6 Å². The molecule has 2 aromatic carbocycles. The summed E-state index contributed by atoms with van der Waals surface area (Å²) in [6.07, 6.45) is 19.6. The minimum atomic E-state index is -0.293. The first-order valence-electron chi connectivity index (χ1n) is 14.6. The molecule has 4 rings (SSSR count). The molecule has 0 radical (unpaired) electrons. The van der Waals surface area contributed by atoms with Crippen LogP contribution in [0.5, 0.6) is 0 Å². The van der Waals surface area contributed by atoms with Gasteiger partial charge in [0.15, 0.2) is 0 Å². The molecule has 0 heterocycles. The summed E-state index contributed by atoms with van der Waals surface area (Å²) in [5.41, 5.74) is 13.8. The normalized spacial score (nSPS) is 12.7. The van der Waals surface area contributed by atoms with Crippen molar-refractivity contribution < 1.29 is 14.3 Å². The zero-order chi connectivity index (χ0) is 27.5. The van der Waals surface area contributed by atoms with Crippen LogP contribution < -0.4 is 21.9 Å². The average Bonchev–Trinajstić information content (AvgIpc) is 3.43. The summed E-state index contributed by atoms with van der Waals surface area (Å²) in [5, 5.41) is 4.84. The smallest absolute Gasteiger partial charge is 0.311 e. The van der Waals surface area contributed by atoms with Crippen molar-refractivity contribution in [2.75, 3.05) is 26.2 Å². The van der Waals surface area contributed by atoms with E-state index in [1.807, 2.05) is 17.1 Å². The van der Waals surface area contributed by atoms with E-state index in [0.29, 0.717) is 31.7 Å². The summed E-state index contributed by atoms with van der Waals surface area (Å²) in [4.78, 5) is 27.3. The van der Waals surface area contributed by atoms with Crippen molar-refractivity contribution in [2.24, 2.45) is 11.5 Å². The molecule has 0 saturated carbocycles. The summed E-state index contributed by atoms with van der Waals surface area (Å²) in [5.74, 6) is 0.394. The highest BCUT2D eigenvalue weighted by atomic mass is 35.5. The maximum absolute atomic E-state index is 12.8. The Balaban J connectivity index is 0.00000294. The van der Waals surface area contributed by atoms with Crippen LogP contribution in [0.2, 0.25) is 0 Å². The fourth-order valence-corrected chi connectivity index (χ4v) is 5.48. The molecule has 2 aliphatic carbocycles. The van der Waals surface area contributed by atoms with Gasteiger partial charge in [-0.1, -0.05) is 68.2 Å². The number of benzene rings is 2. The Hall–Kier alpha value is -2.64. The third-order valence-corrected chi connectivity index (χ3v) is 7.64. The zero-order valence-electron chi connectivity index (χ0n) is 23.9. The number of hydrogen-bond donors (Lipinski definition) is 2. The van der Waals surface area contributed by atoms with Crippen LogP contribution in [0.25, 0.3) is 29.0 Å². The lowest BCUT2D eigenvalue weighted by Gasteiger charge is -2.22. The quantitative estimate of drug-likeness (QED) is 0.210. The Morgan fingerprint density at radius 2 is 1.46 bits per heavy atom. The van der Waals surface area contributed by atoms with E-state index in [-0.39, 0.29) is 43.1 Å². The molecule has 0 saturated heterocycles. The number of fused-ring (bicyclic) bond motifs is 5. The molecule has 4 N–H and O–H groups in total. The number of ether oxygens (including phenoxy) is 1. The van der Waals surface area contributed by atoms with Crippen LogP contribution in [-0.4, -0.2) is 43.0 Å². The molecule has 6 nitrogen and oxygen atoms in total. The van der Waals surface area contributed by atoms with Gasteiger partial charge in [-0.15, -0.1) is 24.8 Å². The Morgan fingerprint density at radius 1 is 0.780 bits per heavy atom.